The largest absolute Gasteiger partial charge is 0.494 e. The van der Waals surface area contributed by atoms with Crippen LogP contribution in [0.3, 0.4) is 0 Å². The number of methoxy groups -OCH3 is 3. The Balaban J connectivity index is 1.78. The highest BCUT2D eigenvalue weighted by Gasteiger charge is 2.36. The molecule has 1 aromatic carbocycles. The molecule has 4 rings (SSSR count). The molecule has 0 spiro atoms. The summed E-state index contributed by atoms with van der Waals surface area (Å²) in [7, 11) is 0.335. The summed E-state index contributed by atoms with van der Waals surface area (Å²) >= 11 is 5.88. The van der Waals surface area contributed by atoms with Gasteiger partial charge in [0.15, 0.2) is 5.82 Å². The normalized spacial score (nSPS) is 17.7. The van der Waals surface area contributed by atoms with Crippen molar-refractivity contribution in [3.63, 3.8) is 0 Å². The van der Waals surface area contributed by atoms with Crippen molar-refractivity contribution in [2.75, 3.05) is 39.3 Å². The van der Waals surface area contributed by atoms with E-state index in [-0.39, 0.29) is 17.7 Å². The fraction of sp³-hybridized carbons (Fsp3) is 0.478. The van der Waals surface area contributed by atoms with Gasteiger partial charge in [-0.2, -0.15) is 0 Å². The quantitative estimate of drug-likeness (QED) is 0.399. The van der Waals surface area contributed by atoms with Gasteiger partial charge in [-0.3, -0.25) is 9.29 Å². The van der Waals surface area contributed by atoms with Crippen molar-refractivity contribution in [3.8, 4) is 17.2 Å². The molecule has 1 aliphatic rings. The van der Waals surface area contributed by atoms with Crippen LogP contribution in [0.4, 0.5) is 5.95 Å². The number of nitrogens with one attached hydrogen (secondary N) is 1. The molecule has 200 valence electrons. The van der Waals surface area contributed by atoms with Gasteiger partial charge in [-0.05, 0) is 31.9 Å². The Kier molecular flexibility index (Phi) is 8.47. The molecule has 0 saturated carbocycles. The molecular weight excluding hydrogens is 524 g/mol. The molecule has 3 heterocycles. The monoisotopic (exact) mass is 552 g/mol. The number of hydrogen-bond donors (Lipinski definition) is 1. The van der Waals surface area contributed by atoms with Gasteiger partial charge in [-0.25, -0.2) is 18.4 Å². The van der Waals surface area contributed by atoms with Crippen molar-refractivity contribution in [1.82, 2.24) is 24.7 Å². The van der Waals surface area contributed by atoms with E-state index in [4.69, 9.17) is 30.5 Å². The Labute approximate surface area is 220 Å². The van der Waals surface area contributed by atoms with Crippen LogP contribution in [0.25, 0.3) is 5.69 Å². The number of benzene rings is 1. The van der Waals surface area contributed by atoms with Crippen LogP contribution in [0.1, 0.15) is 43.4 Å². The maximum absolute atomic E-state index is 13.6. The molecule has 0 radical (unpaired) electrons. The van der Waals surface area contributed by atoms with Crippen LogP contribution in [0.15, 0.2) is 30.6 Å². The van der Waals surface area contributed by atoms with Crippen molar-refractivity contribution in [2.45, 2.75) is 37.0 Å². The molecule has 1 aliphatic heterocycles. The highest BCUT2D eigenvalue weighted by atomic mass is 35.5. The van der Waals surface area contributed by atoms with Crippen LogP contribution in [0.2, 0.25) is 5.02 Å². The van der Waals surface area contributed by atoms with E-state index in [1.54, 1.807) is 22.8 Å². The maximum Gasteiger partial charge on any atom is 0.243 e. The van der Waals surface area contributed by atoms with Gasteiger partial charge in [0.2, 0.25) is 16.0 Å². The Morgan fingerprint density at radius 3 is 2.38 bits per heavy atom. The lowest BCUT2D eigenvalue weighted by Gasteiger charge is -2.25. The van der Waals surface area contributed by atoms with Crippen LogP contribution >= 0.6 is 11.6 Å². The molecule has 1 saturated heterocycles. The van der Waals surface area contributed by atoms with Gasteiger partial charge in [-0.1, -0.05) is 17.7 Å². The molecular formula is C23H29ClN6O6S. The first-order valence-corrected chi connectivity index (χ1v) is 13.5. The summed E-state index contributed by atoms with van der Waals surface area (Å²) in [4.78, 5) is 8.25. The van der Waals surface area contributed by atoms with Crippen molar-refractivity contribution in [2.24, 2.45) is 0 Å². The van der Waals surface area contributed by atoms with Gasteiger partial charge >= 0.3 is 0 Å². The van der Waals surface area contributed by atoms with Gasteiger partial charge in [0.1, 0.15) is 34.4 Å². The molecule has 2 aromatic heterocycles. The molecule has 1 fully saturated rings. The van der Waals surface area contributed by atoms with Gasteiger partial charge in [0.05, 0.1) is 25.8 Å². The van der Waals surface area contributed by atoms with Gasteiger partial charge in [-0.15, -0.1) is 10.2 Å². The second-order valence-corrected chi connectivity index (χ2v) is 10.9. The van der Waals surface area contributed by atoms with Crippen LogP contribution in [0.5, 0.6) is 11.5 Å². The third-order valence-corrected chi connectivity index (χ3v) is 8.03. The summed E-state index contributed by atoms with van der Waals surface area (Å²) in [6.07, 6.45) is 3.43. The van der Waals surface area contributed by atoms with E-state index in [9.17, 15) is 8.42 Å². The smallest absolute Gasteiger partial charge is 0.243 e. The Morgan fingerprint density at radius 2 is 1.81 bits per heavy atom. The van der Waals surface area contributed by atoms with E-state index in [2.05, 4.69) is 24.9 Å². The Hall–Kier alpha value is -3.00. The summed E-state index contributed by atoms with van der Waals surface area (Å²) in [6, 6.07) is 5.27. The summed E-state index contributed by atoms with van der Waals surface area (Å²) in [5.74, 6) is 1.47. The number of aromatic nitrogens is 5. The van der Waals surface area contributed by atoms with E-state index in [1.807, 2.05) is 0 Å². The molecule has 1 N–H and O–H groups in total. The lowest BCUT2D eigenvalue weighted by atomic mass is 10.0. The zero-order chi connectivity index (χ0) is 26.6. The third kappa shape index (κ3) is 5.64. The number of sulfonamides is 1. The van der Waals surface area contributed by atoms with Crippen LogP contribution in [0, 0.1) is 0 Å². The predicted molar refractivity (Wildman–Crippen MR) is 136 cm³/mol. The molecule has 3 atom stereocenters. The molecule has 14 heteroatoms. The highest BCUT2D eigenvalue weighted by Crippen LogP contribution is 2.38. The van der Waals surface area contributed by atoms with E-state index >= 15 is 0 Å². The SMILES string of the molecule is COc1cccc(OC)c1-n1c(NS(=O)(=O)[C@@H](C)[C@H](OC)c2ncc(Cl)cn2)nnc1[C@@H]1CCCOC1. The van der Waals surface area contributed by atoms with E-state index < -0.39 is 21.4 Å². The number of ether oxygens (including phenoxy) is 4. The summed E-state index contributed by atoms with van der Waals surface area (Å²) in [5.41, 5.74) is 0.466. The summed E-state index contributed by atoms with van der Waals surface area (Å²) in [5, 5.41) is 7.81. The molecule has 3 aromatic rings. The van der Waals surface area contributed by atoms with E-state index in [0.717, 1.165) is 12.8 Å². The predicted octanol–water partition coefficient (Wildman–Crippen LogP) is 3.14. The highest BCUT2D eigenvalue weighted by molar-refractivity contribution is 7.93. The maximum atomic E-state index is 13.6. The third-order valence-electron chi connectivity index (χ3n) is 6.14. The Bertz CT molecular complexity index is 1290. The number of rotatable bonds is 10. The minimum atomic E-state index is -4.09. The van der Waals surface area contributed by atoms with Crippen LogP contribution in [-0.2, 0) is 19.5 Å². The number of nitrogens with zero attached hydrogens (tertiary/aromatic N) is 5. The number of halogens is 1. The Morgan fingerprint density at radius 1 is 1.14 bits per heavy atom. The average molecular weight is 553 g/mol. The zero-order valence-corrected chi connectivity index (χ0v) is 22.5. The first-order valence-electron chi connectivity index (χ1n) is 11.6. The fourth-order valence-electron chi connectivity index (χ4n) is 4.20. The zero-order valence-electron chi connectivity index (χ0n) is 20.9. The minimum absolute atomic E-state index is 0.0258. The first kappa shape index (κ1) is 27.0. The molecule has 0 aliphatic carbocycles. The first-order chi connectivity index (χ1) is 17.8. The lowest BCUT2D eigenvalue weighted by Crippen LogP contribution is -2.33. The van der Waals surface area contributed by atoms with Gasteiger partial charge < -0.3 is 18.9 Å². The fourth-order valence-corrected chi connectivity index (χ4v) is 5.43. The summed E-state index contributed by atoms with van der Waals surface area (Å²) < 4.78 is 53.7. The topological polar surface area (TPSA) is 140 Å². The lowest BCUT2D eigenvalue weighted by molar-refractivity contribution is 0.0775. The van der Waals surface area contributed by atoms with Crippen LogP contribution in [-0.4, -0.2) is 72.9 Å². The second kappa shape index (κ2) is 11.6. The average Bonchev–Trinajstić information content (AvgIpc) is 3.32. The van der Waals surface area contributed by atoms with Gasteiger partial charge in [0.25, 0.3) is 0 Å². The number of hydrogen-bond acceptors (Lipinski definition) is 10. The van der Waals surface area contributed by atoms with E-state index in [1.165, 1.54) is 40.6 Å². The van der Waals surface area contributed by atoms with Crippen molar-refractivity contribution in [3.05, 3.63) is 47.3 Å². The number of anilines is 1. The minimum Gasteiger partial charge on any atom is -0.494 e. The molecule has 37 heavy (non-hydrogen) atoms. The van der Waals surface area contributed by atoms with Crippen LogP contribution < -0.4 is 14.2 Å². The molecule has 0 unspecified atom stereocenters. The van der Waals surface area contributed by atoms with Crippen molar-refractivity contribution >= 4 is 27.6 Å². The van der Waals surface area contributed by atoms with E-state index in [0.29, 0.717) is 41.2 Å². The summed E-state index contributed by atoms with van der Waals surface area (Å²) in [6.45, 7) is 2.58. The standard InChI is InChI=1S/C23H29ClN6O6S/c1-14(20(35-4)21-25-11-16(24)12-26-21)37(31,32)29-23-28-27-22(15-7-6-10-36-13-15)30(23)19-17(33-2)8-5-9-18(19)34-3/h5,8-9,11-12,14-15,20H,6-7,10,13H2,1-4H3,(H,28,29)/t14-,15+,20-/m0/s1. The molecule has 0 bridgehead atoms. The van der Waals surface area contributed by atoms with Crippen molar-refractivity contribution < 1.29 is 27.4 Å². The van der Waals surface area contributed by atoms with Gasteiger partial charge in [0, 0.05) is 32.0 Å². The second-order valence-electron chi connectivity index (χ2n) is 8.41. The molecule has 0 amide bonds. The molecule has 12 nitrogen and oxygen atoms in total. The number of para-hydroxylation sites is 1. The van der Waals surface area contributed by atoms with Crippen molar-refractivity contribution in [1.29, 1.82) is 0 Å².